The second-order valence-corrected chi connectivity index (χ2v) is 6.07. The summed E-state index contributed by atoms with van der Waals surface area (Å²) in [5, 5.41) is 5.46. The van der Waals surface area contributed by atoms with Gasteiger partial charge in [0.1, 0.15) is 11.9 Å². The molecule has 1 N–H and O–H groups in total. The Morgan fingerprint density at radius 2 is 1.75 bits per heavy atom. The summed E-state index contributed by atoms with van der Waals surface area (Å²) >= 11 is 1.72. The van der Waals surface area contributed by atoms with E-state index in [9.17, 15) is 0 Å². The fraction of sp³-hybridized carbons (Fsp3) is 0.250. The van der Waals surface area contributed by atoms with Gasteiger partial charge in [-0.05, 0) is 53.9 Å². The van der Waals surface area contributed by atoms with Gasteiger partial charge in [-0.3, -0.25) is 0 Å². The van der Waals surface area contributed by atoms with Gasteiger partial charge in [0.2, 0.25) is 0 Å². The molecule has 3 rings (SSSR count). The third-order valence-electron chi connectivity index (χ3n) is 3.59. The van der Waals surface area contributed by atoms with Gasteiger partial charge < -0.3 is 0 Å². The standard InChI is InChI=1S/C16H17N3S/c1-10-6-5-7-11(2)13(10)16-17-15(18-19(16)4)14-12(3)8-9-20-14/h5-9H,1-4H3/p+1. The molecule has 4 heteroatoms. The highest BCUT2D eigenvalue weighted by atomic mass is 32.1. The SMILES string of the molecule is Cc1ccsc1-c1nc(-c2c(C)cccc2C)[n+](C)[nH]1. The summed E-state index contributed by atoms with van der Waals surface area (Å²) in [6.45, 7) is 6.38. The van der Waals surface area contributed by atoms with Crippen molar-refractivity contribution in [1.29, 1.82) is 0 Å². The number of thiophene rings is 1. The quantitative estimate of drug-likeness (QED) is 0.717. The van der Waals surface area contributed by atoms with E-state index >= 15 is 0 Å². The zero-order chi connectivity index (χ0) is 14.3. The first kappa shape index (κ1) is 13.1. The van der Waals surface area contributed by atoms with Crippen LogP contribution in [0.5, 0.6) is 0 Å². The Kier molecular flexibility index (Phi) is 3.18. The number of nitrogens with zero attached hydrogens (tertiary/aromatic N) is 2. The van der Waals surface area contributed by atoms with Crippen LogP contribution in [0.3, 0.4) is 0 Å². The predicted octanol–water partition coefficient (Wildman–Crippen LogP) is 3.55. The topological polar surface area (TPSA) is 32.6 Å². The van der Waals surface area contributed by atoms with Gasteiger partial charge in [-0.2, -0.15) is 9.78 Å². The minimum Gasteiger partial charge on any atom is -0.186 e. The second-order valence-electron chi connectivity index (χ2n) is 5.15. The maximum absolute atomic E-state index is 4.82. The van der Waals surface area contributed by atoms with Crippen LogP contribution in [0.2, 0.25) is 0 Å². The number of aromatic nitrogens is 3. The van der Waals surface area contributed by atoms with Crippen LogP contribution in [0.15, 0.2) is 29.6 Å². The number of benzene rings is 1. The van der Waals surface area contributed by atoms with Crippen LogP contribution in [0.4, 0.5) is 0 Å². The van der Waals surface area contributed by atoms with Crippen molar-refractivity contribution in [3.05, 3.63) is 46.3 Å². The molecule has 0 fully saturated rings. The van der Waals surface area contributed by atoms with Crippen molar-refractivity contribution < 1.29 is 4.68 Å². The molecule has 2 heterocycles. The Morgan fingerprint density at radius 3 is 2.35 bits per heavy atom. The van der Waals surface area contributed by atoms with E-state index in [0.29, 0.717) is 0 Å². The van der Waals surface area contributed by atoms with Crippen molar-refractivity contribution in [2.45, 2.75) is 20.8 Å². The molecule has 0 aliphatic rings. The largest absolute Gasteiger partial charge is 0.351 e. The normalized spacial score (nSPS) is 11.0. The summed E-state index contributed by atoms with van der Waals surface area (Å²) in [5.41, 5.74) is 4.98. The van der Waals surface area contributed by atoms with Crippen LogP contribution < -0.4 is 4.68 Å². The summed E-state index contributed by atoms with van der Waals surface area (Å²) in [4.78, 5) is 6.03. The van der Waals surface area contributed by atoms with Crippen LogP contribution in [-0.2, 0) is 7.05 Å². The molecular formula is C16H18N3S+. The Bertz CT molecular complexity index is 748. The average molecular weight is 284 g/mol. The summed E-state index contributed by atoms with van der Waals surface area (Å²) in [6.07, 6.45) is 0. The van der Waals surface area contributed by atoms with Crippen LogP contribution in [0.25, 0.3) is 22.1 Å². The second kappa shape index (κ2) is 4.87. The number of nitrogens with one attached hydrogen (secondary N) is 1. The van der Waals surface area contributed by atoms with E-state index in [2.05, 4.69) is 55.5 Å². The van der Waals surface area contributed by atoms with Gasteiger partial charge in [-0.15, -0.1) is 11.3 Å². The van der Waals surface area contributed by atoms with Crippen molar-refractivity contribution in [1.82, 2.24) is 10.1 Å². The molecule has 3 nitrogen and oxygen atoms in total. The third kappa shape index (κ3) is 2.06. The van der Waals surface area contributed by atoms with Crippen molar-refractivity contribution in [2.24, 2.45) is 7.05 Å². The molecule has 0 spiro atoms. The van der Waals surface area contributed by atoms with Crippen molar-refractivity contribution in [3.8, 4) is 22.1 Å². The lowest BCUT2D eigenvalue weighted by molar-refractivity contribution is -0.716. The van der Waals surface area contributed by atoms with E-state index in [4.69, 9.17) is 4.98 Å². The van der Waals surface area contributed by atoms with E-state index in [1.54, 1.807) is 11.3 Å². The Labute approximate surface area is 122 Å². The molecule has 0 atom stereocenters. The summed E-state index contributed by atoms with van der Waals surface area (Å²) in [7, 11) is 2.01. The lowest BCUT2D eigenvalue weighted by atomic mass is 10.0. The number of aryl methyl sites for hydroxylation is 4. The number of hydrogen-bond donors (Lipinski definition) is 1. The van der Waals surface area contributed by atoms with Gasteiger partial charge in [0.05, 0.1) is 5.56 Å². The molecule has 0 aliphatic carbocycles. The lowest BCUT2D eigenvalue weighted by Gasteiger charge is -2.02. The predicted molar refractivity (Wildman–Crippen MR) is 82.7 cm³/mol. The highest BCUT2D eigenvalue weighted by Gasteiger charge is 2.24. The number of aromatic amines is 1. The molecule has 2 aromatic heterocycles. The van der Waals surface area contributed by atoms with Crippen LogP contribution >= 0.6 is 11.3 Å². The maximum atomic E-state index is 4.82. The Hall–Kier alpha value is -1.94. The molecule has 1 aromatic carbocycles. The first-order valence-electron chi connectivity index (χ1n) is 6.65. The highest BCUT2D eigenvalue weighted by molar-refractivity contribution is 7.13. The molecule has 0 amide bonds. The van der Waals surface area contributed by atoms with Crippen LogP contribution in [0, 0.1) is 20.8 Å². The van der Waals surface area contributed by atoms with Gasteiger partial charge in [0.25, 0.3) is 5.82 Å². The average Bonchev–Trinajstić information content (AvgIpc) is 2.96. The molecule has 0 bridgehead atoms. The van der Waals surface area contributed by atoms with E-state index in [0.717, 1.165) is 11.6 Å². The van der Waals surface area contributed by atoms with Gasteiger partial charge >= 0.3 is 5.82 Å². The maximum Gasteiger partial charge on any atom is 0.351 e. The molecule has 0 saturated carbocycles. The highest BCUT2D eigenvalue weighted by Crippen LogP contribution is 2.28. The van der Waals surface area contributed by atoms with Crippen LogP contribution in [0.1, 0.15) is 16.7 Å². The first-order valence-corrected chi connectivity index (χ1v) is 7.53. The van der Waals surface area contributed by atoms with Crippen LogP contribution in [-0.4, -0.2) is 10.1 Å². The van der Waals surface area contributed by atoms with Gasteiger partial charge in [-0.1, -0.05) is 18.2 Å². The van der Waals surface area contributed by atoms with Crippen molar-refractivity contribution >= 4 is 11.3 Å². The zero-order valence-electron chi connectivity index (χ0n) is 12.2. The monoisotopic (exact) mass is 284 g/mol. The van der Waals surface area contributed by atoms with Gasteiger partial charge in [0, 0.05) is 0 Å². The lowest BCUT2D eigenvalue weighted by Crippen LogP contribution is -2.32. The van der Waals surface area contributed by atoms with E-state index in [-0.39, 0.29) is 0 Å². The minimum atomic E-state index is 0.942. The summed E-state index contributed by atoms with van der Waals surface area (Å²) in [6, 6.07) is 8.48. The molecule has 3 aromatic rings. The fourth-order valence-electron chi connectivity index (χ4n) is 2.53. The minimum absolute atomic E-state index is 0.942. The molecule has 0 unspecified atom stereocenters. The Balaban J connectivity index is 2.17. The molecular weight excluding hydrogens is 266 g/mol. The zero-order valence-corrected chi connectivity index (χ0v) is 13.0. The van der Waals surface area contributed by atoms with Gasteiger partial charge in [-0.25, -0.2) is 0 Å². The first-order chi connectivity index (χ1) is 9.58. The van der Waals surface area contributed by atoms with E-state index < -0.39 is 0 Å². The molecule has 0 radical (unpaired) electrons. The van der Waals surface area contributed by atoms with Crippen molar-refractivity contribution in [3.63, 3.8) is 0 Å². The number of H-pyrrole nitrogens is 1. The molecule has 0 saturated heterocycles. The van der Waals surface area contributed by atoms with Crippen molar-refractivity contribution in [2.75, 3.05) is 0 Å². The summed E-state index contributed by atoms with van der Waals surface area (Å²) in [5.74, 6) is 1.93. The number of hydrogen-bond acceptors (Lipinski definition) is 2. The fourth-order valence-corrected chi connectivity index (χ4v) is 3.39. The summed E-state index contributed by atoms with van der Waals surface area (Å²) < 4.78 is 2.00. The molecule has 20 heavy (non-hydrogen) atoms. The smallest absolute Gasteiger partial charge is 0.186 e. The number of rotatable bonds is 2. The third-order valence-corrected chi connectivity index (χ3v) is 4.61. The molecule has 0 aliphatic heterocycles. The molecule has 102 valence electrons. The van der Waals surface area contributed by atoms with Gasteiger partial charge in [0.15, 0.2) is 0 Å². The van der Waals surface area contributed by atoms with E-state index in [1.165, 1.54) is 27.1 Å². The Morgan fingerprint density at radius 1 is 1.05 bits per heavy atom. The van der Waals surface area contributed by atoms with E-state index in [1.807, 2.05) is 11.7 Å².